The quantitative estimate of drug-likeness (QED) is 0.0654. The van der Waals surface area contributed by atoms with E-state index in [-0.39, 0.29) is 29.6 Å². The first-order chi connectivity index (χ1) is 26.8. The SMILES string of the molecule is CCCc1cc(C)c(O)c(OC)c1.COCCCc1cc(C)c(O)c(OC)c1.COCCCc1ccc(O)c(OC)c1.COc1cc(CCCO)cc(C)c1O. The summed E-state index contributed by atoms with van der Waals surface area (Å²) in [6.07, 6.45) is 7.48. The van der Waals surface area contributed by atoms with Gasteiger partial charge in [-0.2, -0.15) is 0 Å². The van der Waals surface area contributed by atoms with Crippen LogP contribution in [0.3, 0.4) is 0 Å². The molecule has 56 heavy (non-hydrogen) atoms. The maximum atomic E-state index is 9.64. The molecule has 0 aliphatic rings. The molecule has 11 heteroatoms. The Bertz CT molecular complexity index is 1700. The average molecular weight is 783 g/mol. The van der Waals surface area contributed by atoms with Crippen LogP contribution in [-0.2, 0) is 35.2 Å². The van der Waals surface area contributed by atoms with E-state index in [9.17, 15) is 20.4 Å². The highest BCUT2D eigenvalue weighted by molar-refractivity contribution is 5.49. The third-order valence-corrected chi connectivity index (χ3v) is 8.67. The number of hydrogen-bond acceptors (Lipinski definition) is 11. The molecule has 11 nitrogen and oxygen atoms in total. The molecule has 5 N–H and O–H groups in total. The first-order valence-corrected chi connectivity index (χ1v) is 18.9. The topological polar surface area (TPSA) is 157 Å². The maximum Gasteiger partial charge on any atom is 0.161 e. The Hall–Kier alpha value is -4.84. The highest BCUT2D eigenvalue weighted by Gasteiger charge is 2.09. The van der Waals surface area contributed by atoms with Gasteiger partial charge < -0.3 is 54.0 Å². The van der Waals surface area contributed by atoms with Crippen LogP contribution >= 0.6 is 0 Å². The molecule has 0 radical (unpaired) electrons. The van der Waals surface area contributed by atoms with Crippen LogP contribution in [0.25, 0.3) is 0 Å². The highest BCUT2D eigenvalue weighted by Crippen LogP contribution is 2.33. The van der Waals surface area contributed by atoms with Crippen molar-refractivity contribution in [3.05, 3.63) is 93.5 Å². The minimum absolute atomic E-state index is 0.183. The number of phenolic OH excluding ortho intramolecular Hbond substituents is 4. The van der Waals surface area contributed by atoms with E-state index in [1.807, 2.05) is 63.2 Å². The number of aliphatic hydroxyl groups is 1. The molecule has 0 aliphatic carbocycles. The maximum absolute atomic E-state index is 9.64. The van der Waals surface area contributed by atoms with E-state index >= 15 is 0 Å². The summed E-state index contributed by atoms with van der Waals surface area (Å²) >= 11 is 0. The molecular formula is C45H66O11. The number of ether oxygens (including phenoxy) is 6. The number of phenols is 4. The van der Waals surface area contributed by atoms with Gasteiger partial charge in [0.25, 0.3) is 0 Å². The van der Waals surface area contributed by atoms with Gasteiger partial charge in [-0.1, -0.05) is 37.6 Å². The fraction of sp³-hybridized carbons (Fsp3) is 0.467. The predicted octanol–water partition coefficient (Wildman–Crippen LogP) is 8.56. The van der Waals surface area contributed by atoms with E-state index in [4.69, 9.17) is 33.5 Å². The number of hydrogen-bond donors (Lipinski definition) is 5. The van der Waals surface area contributed by atoms with Crippen LogP contribution in [0.4, 0.5) is 0 Å². The van der Waals surface area contributed by atoms with Crippen molar-refractivity contribution < 1.29 is 54.0 Å². The molecule has 4 aromatic rings. The van der Waals surface area contributed by atoms with Gasteiger partial charge in [-0.3, -0.25) is 0 Å². The Kier molecular flexibility index (Phi) is 24.3. The zero-order chi connectivity index (χ0) is 42.0. The van der Waals surface area contributed by atoms with Crippen LogP contribution in [0, 0.1) is 20.8 Å². The van der Waals surface area contributed by atoms with E-state index in [2.05, 4.69) is 6.92 Å². The second-order valence-corrected chi connectivity index (χ2v) is 13.2. The molecule has 0 aromatic heterocycles. The van der Waals surface area contributed by atoms with Gasteiger partial charge in [0.05, 0.1) is 28.4 Å². The normalized spacial score (nSPS) is 10.2. The molecule has 0 fully saturated rings. The summed E-state index contributed by atoms with van der Waals surface area (Å²) in [7, 11) is 9.61. The molecule has 4 aromatic carbocycles. The smallest absolute Gasteiger partial charge is 0.161 e. The van der Waals surface area contributed by atoms with E-state index in [0.29, 0.717) is 23.0 Å². The fourth-order valence-corrected chi connectivity index (χ4v) is 5.65. The lowest BCUT2D eigenvalue weighted by atomic mass is 10.1. The molecule has 0 bridgehead atoms. The molecule has 0 spiro atoms. The van der Waals surface area contributed by atoms with Crippen LogP contribution < -0.4 is 18.9 Å². The zero-order valence-corrected chi connectivity index (χ0v) is 35.2. The molecule has 0 atom stereocenters. The van der Waals surface area contributed by atoms with Crippen molar-refractivity contribution in [2.75, 3.05) is 62.5 Å². The minimum atomic E-state index is 0.183. The Balaban J connectivity index is 0.000000374. The van der Waals surface area contributed by atoms with Gasteiger partial charge in [0, 0.05) is 34.0 Å². The lowest BCUT2D eigenvalue weighted by Crippen LogP contribution is -1.95. The lowest BCUT2D eigenvalue weighted by molar-refractivity contribution is 0.195. The Labute approximate surface area is 334 Å². The highest BCUT2D eigenvalue weighted by atomic mass is 16.5. The lowest BCUT2D eigenvalue weighted by Gasteiger charge is -2.09. The summed E-state index contributed by atoms with van der Waals surface area (Å²) in [6.45, 7) is 9.41. The molecule has 0 unspecified atom stereocenters. The predicted molar refractivity (Wildman–Crippen MR) is 223 cm³/mol. The van der Waals surface area contributed by atoms with Gasteiger partial charge >= 0.3 is 0 Å². The molecule has 0 saturated carbocycles. The standard InChI is InChI=1S/C12H18O3.2C11H16O3.C11H16O2/c1-9-7-10(5-4-6-14-2)8-11(15-3)12(9)13;1-13-7-3-4-9-5-6-10(12)11(8-9)14-2;1-8-6-9(4-3-5-12)7-10(14-2)11(8)13;1-4-5-9-6-8(2)11(12)10(7-9)13-3/h7-8,13H,4-6H2,1-3H3;5-6,8,12H,3-4,7H2,1-2H3;6-7,12-13H,3-5H2,1-2H3;6-7,12H,4-5H2,1-3H3. The summed E-state index contributed by atoms with van der Waals surface area (Å²) in [5, 5.41) is 46.8. The third-order valence-electron chi connectivity index (χ3n) is 8.67. The number of methoxy groups -OCH3 is 6. The number of rotatable bonds is 17. The van der Waals surface area contributed by atoms with Crippen molar-refractivity contribution in [1.29, 1.82) is 0 Å². The van der Waals surface area contributed by atoms with Crippen molar-refractivity contribution >= 4 is 0 Å². The molecule has 0 saturated heterocycles. The van der Waals surface area contributed by atoms with E-state index in [1.54, 1.807) is 47.7 Å². The number of benzene rings is 4. The van der Waals surface area contributed by atoms with Crippen molar-refractivity contribution in [2.45, 2.75) is 79.1 Å². The van der Waals surface area contributed by atoms with Crippen LogP contribution in [0.5, 0.6) is 46.0 Å². The summed E-state index contributed by atoms with van der Waals surface area (Å²) in [4.78, 5) is 0. The first kappa shape index (κ1) is 49.2. The third kappa shape index (κ3) is 17.3. The molecule has 312 valence electrons. The molecule has 0 aliphatic heterocycles. The van der Waals surface area contributed by atoms with E-state index in [1.165, 1.54) is 18.2 Å². The zero-order valence-electron chi connectivity index (χ0n) is 35.2. The van der Waals surface area contributed by atoms with Gasteiger partial charge in [-0.15, -0.1) is 0 Å². The number of aliphatic hydroxyl groups excluding tert-OH is 1. The van der Waals surface area contributed by atoms with Gasteiger partial charge in [-0.25, -0.2) is 0 Å². The van der Waals surface area contributed by atoms with Crippen LogP contribution in [0.1, 0.15) is 71.6 Å². The van der Waals surface area contributed by atoms with Crippen molar-refractivity contribution in [1.82, 2.24) is 0 Å². The van der Waals surface area contributed by atoms with Gasteiger partial charge in [-0.05, 0) is 135 Å². The van der Waals surface area contributed by atoms with Gasteiger partial charge in [0.2, 0.25) is 0 Å². The van der Waals surface area contributed by atoms with E-state index < -0.39 is 0 Å². The molecule has 4 rings (SSSR count). The minimum Gasteiger partial charge on any atom is -0.504 e. The van der Waals surface area contributed by atoms with Crippen LogP contribution in [0.2, 0.25) is 0 Å². The van der Waals surface area contributed by atoms with E-state index in [0.717, 1.165) is 92.4 Å². The van der Waals surface area contributed by atoms with Gasteiger partial charge in [0.15, 0.2) is 46.0 Å². The average Bonchev–Trinajstić information content (AvgIpc) is 3.19. The fourth-order valence-electron chi connectivity index (χ4n) is 5.65. The summed E-state index contributed by atoms with van der Waals surface area (Å²) in [6, 6.07) is 16.9. The molecular weight excluding hydrogens is 716 g/mol. The second kappa shape index (κ2) is 27.7. The monoisotopic (exact) mass is 782 g/mol. The first-order valence-electron chi connectivity index (χ1n) is 18.9. The van der Waals surface area contributed by atoms with Crippen molar-refractivity contribution in [3.63, 3.8) is 0 Å². The largest absolute Gasteiger partial charge is 0.504 e. The van der Waals surface area contributed by atoms with Crippen molar-refractivity contribution in [3.8, 4) is 46.0 Å². The Morgan fingerprint density at radius 2 is 0.804 bits per heavy atom. The Morgan fingerprint density at radius 1 is 0.446 bits per heavy atom. The Morgan fingerprint density at radius 3 is 1.16 bits per heavy atom. The summed E-state index contributed by atoms with van der Waals surface area (Å²) in [5.74, 6) is 3.00. The van der Waals surface area contributed by atoms with Gasteiger partial charge in [0.1, 0.15) is 0 Å². The number of aromatic hydroxyl groups is 4. The van der Waals surface area contributed by atoms with Crippen LogP contribution in [0.15, 0.2) is 54.6 Å². The summed E-state index contributed by atoms with van der Waals surface area (Å²) in [5.41, 5.74) is 7.14. The summed E-state index contributed by atoms with van der Waals surface area (Å²) < 4.78 is 30.2. The number of aryl methyl sites for hydroxylation is 7. The van der Waals surface area contributed by atoms with Crippen LogP contribution in [-0.4, -0.2) is 88.0 Å². The second-order valence-electron chi connectivity index (χ2n) is 13.2. The van der Waals surface area contributed by atoms with Crippen molar-refractivity contribution in [2.24, 2.45) is 0 Å². The molecule has 0 heterocycles. The molecule has 0 amide bonds.